The summed E-state index contributed by atoms with van der Waals surface area (Å²) in [5.41, 5.74) is 0.514. The van der Waals surface area contributed by atoms with Gasteiger partial charge in [-0.1, -0.05) is 6.92 Å². The van der Waals surface area contributed by atoms with Crippen molar-refractivity contribution >= 4 is 11.7 Å². The zero-order valence-electron chi connectivity index (χ0n) is 10.1. The summed E-state index contributed by atoms with van der Waals surface area (Å²) in [7, 11) is 2.72. The second-order valence-electron chi connectivity index (χ2n) is 3.48. The van der Waals surface area contributed by atoms with E-state index in [1.165, 1.54) is 26.4 Å². The standard InChI is InChI=1S/C12H16FNO3/c1-4-10(12(15)17-3)14-8-5-6-11(16-2)9(13)7-8/h5-7,10,14H,4H2,1-3H3. The molecule has 5 heteroatoms. The highest BCUT2D eigenvalue weighted by molar-refractivity contribution is 5.79. The number of anilines is 1. The first-order valence-electron chi connectivity index (χ1n) is 5.30. The molecular weight excluding hydrogens is 225 g/mol. The van der Waals surface area contributed by atoms with Gasteiger partial charge in [0.05, 0.1) is 14.2 Å². The maximum absolute atomic E-state index is 13.4. The zero-order valence-corrected chi connectivity index (χ0v) is 10.1. The monoisotopic (exact) mass is 241 g/mol. The lowest BCUT2D eigenvalue weighted by atomic mass is 10.2. The number of benzene rings is 1. The van der Waals surface area contributed by atoms with Crippen molar-refractivity contribution in [2.24, 2.45) is 0 Å². The maximum atomic E-state index is 13.4. The Balaban J connectivity index is 2.80. The van der Waals surface area contributed by atoms with Crippen molar-refractivity contribution < 1.29 is 18.7 Å². The predicted octanol–water partition coefficient (Wildman–Crippen LogP) is 2.20. The number of carbonyl (C=O) groups excluding carboxylic acids is 1. The quantitative estimate of drug-likeness (QED) is 0.803. The van der Waals surface area contributed by atoms with E-state index in [-0.39, 0.29) is 11.7 Å². The van der Waals surface area contributed by atoms with E-state index in [4.69, 9.17) is 4.74 Å². The molecule has 0 bridgehead atoms. The SMILES string of the molecule is CCC(Nc1ccc(OC)c(F)c1)C(=O)OC. The molecular formula is C12H16FNO3. The Morgan fingerprint density at radius 2 is 2.18 bits per heavy atom. The molecule has 0 radical (unpaired) electrons. The summed E-state index contributed by atoms with van der Waals surface area (Å²) in [6.07, 6.45) is 0.556. The summed E-state index contributed by atoms with van der Waals surface area (Å²) in [6, 6.07) is 3.95. The first kappa shape index (κ1) is 13.3. The molecule has 0 heterocycles. The summed E-state index contributed by atoms with van der Waals surface area (Å²) >= 11 is 0. The Kier molecular flexibility index (Phi) is 4.75. The zero-order chi connectivity index (χ0) is 12.8. The largest absolute Gasteiger partial charge is 0.494 e. The predicted molar refractivity (Wildman–Crippen MR) is 62.7 cm³/mol. The van der Waals surface area contributed by atoms with Gasteiger partial charge in [0.1, 0.15) is 6.04 Å². The van der Waals surface area contributed by atoms with Gasteiger partial charge in [0.25, 0.3) is 0 Å². The van der Waals surface area contributed by atoms with Crippen LogP contribution in [0.1, 0.15) is 13.3 Å². The molecule has 0 fully saturated rings. The minimum atomic E-state index is -0.479. The maximum Gasteiger partial charge on any atom is 0.328 e. The fourth-order valence-electron chi connectivity index (χ4n) is 1.43. The normalized spacial score (nSPS) is 11.8. The lowest BCUT2D eigenvalue weighted by Gasteiger charge is -2.16. The second-order valence-corrected chi connectivity index (χ2v) is 3.48. The van der Waals surface area contributed by atoms with E-state index in [0.717, 1.165) is 0 Å². The van der Waals surface area contributed by atoms with Gasteiger partial charge in [-0.05, 0) is 18.6 Å². The first-order chi connectivity index (χ1) is 8.12. The van der Waals surface area contributed by atoms with Crippen LogP contribution in [-0.4, -0.2) is 26.2 Å². The van der Waals surface area contributed by atoms with Crippen molar-refractivity contribution in [2.45, 2.75) is 19.4 Å². The minimum Gasteiger partial charge on any atom is -0.494 e. The number of rotatable bonds is 5. The molecule has 1 atom stereocenters. The van der Waals surface area contributed by atoms with E-state index >= 15 is 0 Å². The van der Waals surface area contributed by atoms with Crippen LogP contribution in [0.3, 0.4) is 0 Å². The molecule has 0 aliphatic heterocycles. The molecule has 0 spiro atoms. The highest BCUT2D eigenvalue weighted by atomic mass is 19.1. The highest BCUT2D eigenvalue weighted by Crippen LogP contribution is 2.21. The number of hydrogen-bond donors (Lipinski definition) is 1. The number of methoxy groups -OCH3 is 2. The van der Waals surface area contributed by atoms with Gasteiger partial charge < -0.3 is 14.8 Å². The summed E-state index contributed by atoms with van der Waals surface area (Å²) in [4.78, 5) is 11.4. The van der Waals surface area contributed by atoms with Crippen molar-refractivity contribution in [1.82, 2.24) is 0 Å². The molecule has 1 aromatic carbocycles. The Bertz CT molecular complexity index is 395. The smallest absolute Gasteiger partial charge is 0.328 e. The van der Waals surface area contributed by atoms with E-state index in [1.807, 2.05) is 6.92 Å². The summed E-state index contributed by atoms with van der Waals surface area (Å²) < 4.78 is 22.8. The van der Waals surface area contributed by atoms with E-state index in [1.54, 1.807) is 6.07 Å². The average molecular weight is 241 g/mol. The number of esters is 1. The third-order valence-electron chi connectivity index (χ3n) is 2.39. The van der Waals surface area contributed by atoms with Crippen LogP contribution in [0.15, 0.2) is 18.2 Å². The number of ether oxygens (including phenoxy) is 2. The summed E-state index contributed by atoms with van der Waals surface area (Å²) in [5.74, 6) is -0.678. The molecule has 1 aromatic rings. The second kappa shape index (κ2) is 6.08. The van der Waals surface area contributed by atoms with Crippen molar-refractivity contribution in [3.8, 4) is 5.75 Å². The van der Waals surface area contributed by atoms with Gasteiger partial charge in [0.15, 0.2) is 11.6 Å². The van der Waals surface area contributed by atoms with Gasteiger partial charge in [-0.15, -0.1) is 0 Å². The van der Waals surface area contributed by atoms with Crippen molar-refractivity contribution in [2.75, 3.05) is 19.5 Å². The lowest BCUT2D eigenvalue weighted by molar-refractivity contribution is -0.141. The van der Waals surface area contributed by atoms with Crippen molar-refractivity contribution in [3.05, 3.63) is 24.0 Å². The summed E-state index contributed by atoms with van der Waals surface area (Å²) in [5, 5.41) is 2.90. The van der Waals surface area contributed by atoms with Crippen LogP contribution in [0.25, 0.3) is 0 Å². The van der Waals surface area contributed by atoms with E-state index in [2.05, 4.69) is 10.1 Å². The van der Waals surface area contributed by atoms with Crippen molar-refractivity contribution in [3.63, 3.8) is 0 Å². The Morgan fingerprint density at radius 3 is 2.65 bits per heavy atom. The number of halogens is 1. The molecule has 0 aromatic heterocycles. The molecule has 1 rings (SSSR count). The van der Waals surface area contributed by atoms with Crippen LogP contribution in [0.2, 0.25) is 0 Å². The van der Waals surface area contributed by atoms with Gasteiger partial charge in [-0.3, -0.25) is 0 Å². The van der Waals surface area contributed by atoms with Crippen LogP contribution >= 0.6 is 0 Å². The Hall–Kier alpha value is -1.78. The molecule has 0 aliphatic rings. The van der Waals surface area contributed by atoms with Crippen LogP contribution < -0.4 is 10.1 Å². The highest BCUT2D eigenvalue weighted by Gasteiger charge is 2.16. The molecule has 1 unspecified atom stereocenters. The fraction of sp³-hybridized carbons (Fsp3) is 0.417. The van der Waals surface area contributed by atoms with Crippen molar-refractivity contribution in [1.29, 1.82) is 0 Å². The molecule has 94 valence electrons. The molecule has 0 aliphatic carbocycles. The molecule has 0 amide bonds. The topological polar surface area (TPSA) is 47.6 Å². The Labute approximate surface area is 99.7 Å². The minimum absolute atomic E-state index is 0.168. The van der Waals surface area contributed by atoms with E-state index in [0.29, 0.717) is 12.1 Å². The molecule has 0 saturated heterocycles. The molecule has 17 heavy (non-hydrogen) atoms. The van der Waals surface area contributed by atoms with Gasteiger partial charge in [-0.25, -0.2) is 9.18 Å². The average Bonchev–Trinajstić information content (AvgIpc) is 2.35. The van der Waals surface area contributed by atoms with Crippen LogP contribution in [0, 0.1) is 5.82 Å². The van der Waals surface area contributed by atoms with Gasteiger partial charge in [0.2, 0.25) is 0 Å². The lowest BCUT2D eigenvalue weighted by Crippen LogP contribution is -2.29. The molecule has 0 saturated carbocycles. The third kappa shape index (κ3) is 3.34. The van der Waals surface area contributed by atoms with Crippen LogP contribution in [0.5, 0.6) is 5.75 Å². The first-order valence-corrected chi connectivity index (χ1v) is 5.30. The van der Waals surface area contributed by atoms with E-state index in [9.17, 15) is 9.18 Å². The third-order valence-corrected chi connectivity index (χ3v) is 2.39. The van der Waals surface area contributed by atoms with Crippen LogP contribution in [-0.2, 0) is 9.53 Å². The molecule has 1 N–H and O–H groups in total. The van der Waals surface area contributed by atoms with Gasteiger partial charge in [-0.2, -0.15) is 0 Å². The van der Waals surface area contributed by atoms with Gasteiger partial charge >= 0.3 is 5.97 Å². The number of carbonyl (C=O) groups is 1. The fourth-order valence-corrected chi connectivity index (χ4v) is 1.43. The van der Waals surface area contributed by atoms with E-state index < -0.39 is 11.9 Å². The molecule has 4 nitrogen and oxygen atoms in total. The Morgan fingerprint density at radius 1 is 1.47 bits per heavy atom. The number of hydrogen-bond acceptors (Lipinski definition) is 4. The summed E-state index contributed by atoms with van der Waals surface area (Å²) in [6.45, 7) is 1.84. The number of nitrogens with one attached hydrogen (secondary N) is 1. The van der Waals surface area contributed by atoms with Crippen LogP contribution in [0.4, 0.5) is 10.1 Å². The van der Waals surface area contributed by atoms with Gasteiger partial charge in [0, 0.05) is 11.8 Å².